The number of benzene rings is 2. The first kappa shape index (κ1) is 18.8. The van der Waals surface area contributed by atoms with Gasteiger partial charge in [-0.05, 0) is 23.8 Å². The number of ether oxygens (including phenoxy) is 2. The van der Waals surface area contributed by atoms with Gasteiger partial charge in [0, 0.05) is 25.3 Å². The van der Waals surface area contributed by atoms with Crippen molar-refractivity contribution in [1.29, 1.82) is 0 Å². The van der Waals surface area contributed by atoms with E-state index in [1.54, 1.807) is 19.2 Å². The van der Waals surface area contributed by atoms with Crippen LogP contribution in [0.4, 0.5) is 5.69 Å². The van der Waals surface area contributed by atoms with Gasteiger partial charge in [0.15, 0.2) is 9.84 Å². The smallest absolute Gasteiger partial charge is 0.302 e. The Labute approximate surface area is 147 Å². The molecule has 0 bridgehead atoms. The molecule has 134 valence electrons. The second-order valence-corrected chi connectivity index (χ2v) is 7.48. The Morgan fingerprint density at radius 1 is 1.12 bits per heavy atom. The van der Waals surface area contributed by atoms with E-state index >= 15 is 0 Å². The lowest BCUT2D eigenvalue weighted by atomic mass is 10.1. The molecule has 6 nitrogen and oxygen atoms in total. The molecule has 0 saturated carbocycles. The van der Waals surface area contributed by atoms with Crippen molar-refractivity contribution in [3.8, 4) is 5.75 Å². The van der Waals surface area contributed by atoms with Gasteiger partial charge < -0.3 is 14.8 Å². The third-order valence-corrected chi connectivity index (χ3v) is 4.81. The van der Waals surface area contributed by atoms with E-state index in [0.29, 0.717) is 17.9 Å². The summed E-state index contributed by atoms with van der Waals surface area (Å²) < 4.78 is 34.4. The van der Waals surface area contributed by atoms with Crippen LogP contribution in [0.2, 0.25) is 0 Å². The van der Waals surface area contributed by atoms with Gasteiger partial charge >= 0.3 is 5.97 Å². The fraction of sp³-hybridized carbons (Fsp3) is 0.278. The van der Waals surface area contributed by atoms with Crippen molar-refractivity contribution in [1.82, 2.24) is 0 Å². The number of hydrogen-bond donors (Lipinski definition) is 1. The number of methoxy groups -OCH3 is 1. The van der Waals surface area contributed by atoms with E-state index in [1.165, 1.54) is 13.0 Å². The summed E-state index contributed by atoms with van der Waals surface area (Å²) in [6.07, 6.45) is 1.14. The summed E-state index contributed by atoms with van der Waals surface area (Å²) in [5.41, 5.74) is 1.99. The van der Waals surface area contributed by atoms with Crippen molar-refractivity contribution in [2.45, 2.75) is 25.0 Å². The molecular weight excluding hydrogens is 342 g/mol. The standard InChI is InChI=1S/C18H21NO5S/c1-13(20)24-12-15-14(7-6-10-18(15)25(3,21)22)11-19-16-8-4-5-9-17(16)23-2/h4-10,19H,11-12H2,1-3H3. The molecule has 7 heteroatoms. The van der Waals surface area contributed by atoms with Gasteiger partial charge in [-0.15, -0.1) is 0 Å². The zero-order chi connectivity index (χ0) is 18.4. The molecule has 0 spiro atoms. The molecule has 0 aliphatic rings. The van der Waals surface area contributed by atoms with Gasteiger partial charge in [0.2, 0.25) is 0 Å². The van der Waals surface area contributed by atoms with Crippen LogP contribution in [-0.2, 0) is 32.5 Å². The molecule has 2 aromatic carbocycles. The summed E-state index contributed by atoms with van der Waals surface area (Å²) >= 11 is 0. The van der Waals surface area contributed by atoms with Gasteiger partial charge in [-0.2, -0.15) is 0 Å². The molecule has 0 atom stereocenters. The fourth-order valence-corrected chi connectivity index (χ4v) is 3.41. The van der Waals surface area contributed by atoms with E-state index in [2.05, 4.69) is 5.32 Å². The molecular formula is C18H21NO5S. The van der Waals surface area contributed by atoms with Crippen LogP contribution in [0.25, 0.3) is 0 Å². The van der Waals surface area contributed by atoms with Crippen LogP contribution in [0.5, 0.6) is 5.75 Å². The number of carbonyl (C=O) groups excluding carboxylic acids is 1. The van der Waals surface area contributed by atoms with Crippen LogP contribution < -0.4 is 10.1 Å². The van der Waals surface area contributed by atoms with Gasteiger partial charge in [-0.25, -0.2) is 8.42 Å². The molecule has 2 rings (SSSR count). The average Bonchev–Trinajstić information content (AvgIpc) is 2.57. The maximum Gasteiger partial charge on any atom is 0.302 e. The lowest BCUT2D eigenvalue weighted by Crippen LogP contribution is -2.11. The molecule has 0 aliphatic carbocycles. The predicted octanol–water partition coefficient (Wildman–Crippen LogP) is 2.77. The molecule has 0 saturated heterocycles. The maximum absolute atomic E-state index is 12.0. The van der Waals surface area contributed by atoms with Gasteiger partial charge in [-0.1, -0.05) is 24.3 Å². The topological polar surface area (TPSA) is 81.7 Å². The van der Waals surface area contributed by atoms with Crippen molar-refractivity contribution in [2.75, 3.05) is 18.7 Å². The molecule has 25 heavy (non-hydrogen) atoms. The largest absolute Gasteiger partial charge is 0.495 e. The van der Waals surface area contributed by atoms with Crippen molar-refractivity contribution in [3.05, 3.63) is 53.6 Å². The first-order valence-electron chi connectivity index (χ1n) is 7.64. The first-order chi connectivity index (χ1) is 11.8. The number of rotatable bonds is 7. The van der Waals surface area contributed by atoms with Crippen LogP contribution in [0.3, 0.4) is 0 Å². The normalized spacial score (nSPS) is 11.0. The number of esters is 1. The maximum atomic E-state index is 12.0. The summed E-state index contributed by atoms with van der Waals surface area (Å²) in [6.45, 7) is 1.55. The quantitative estimate of drug-likeness (QED) is 0.762. The Hall–Kier alpha value is -2.54. The van der Waals surface area contributed by atoms with Gasteiger partial charge in [0.1, 0.15) is 12.4 Å². The van der Waals surface area contributed by atoms with Crippen molar-refractivity contribution < 1.29 is 22.7 Å². The number of anilines is 1. The highest BCUT2D eigenvalue weighted by atomic mass is 32.2. The van der Waals surface area contributed by atoms with Gasteiger partial charge in [0.25, 0.3) is 0 Å². The Kier molecular flexibility index (Phi) is 6.03. The first-order valence-corrected chi connectivity index (χ1v) is 9.53. The van der Waals surface area contributed by atoms with Crippen LogP contribution in [-0.4, -0.2) is 27.8 Å². The summed E-state index contributed by atoms with van der Waals surface area (Å²) in [7, 11) is -1.86. The monoisotopic (exact) mass is 363 g/mol. The second-order valence-electron chi connectivity index (χ2n) is 5.50. The molecule has 1 N–H and O–H groups in total. The number of hydrogen-bond acceptors (Lipinski definition) is 6. The average molecular weight is 363 g/mol. The van der Waals surface area contributed by atoms with E-state index in [0.717, 1.165) is 17.5 Å². The SMILES string of the molecule is COc1ccccc1NCc1cccc(S(C)(=O)=O)c1COC(C)=O. The summed E-state index contributed by atoms with van der Waals surface area (Å²) in [6, 6.07) is 12.4. The molecule has 0 amide bonds. The van der Waals surface area contributed by atoms with Crippen LogP contribution in [0, 0.1) is 0 Å². The highest BCUT2D eigenvalue weighted by Crippen LogP contribution is 2.26. The lowest BCUT2D eigenvalue weighted by Gasteiger charge is -2.16. The minimum atomic E-state index is -3.44. The summed E-state index contributed by atoms with van der Waals surface area (Å²) in [4.78, 5) is 11.3. The van der Waals surface area contributed by atoms with E-state index < -0.39 is 15.8 Å². The number of para-hydroxylation sites is 2. The molecule has 0 aromatic heterocycles. The minimum Gasteiger partial charge on any atom is -0.495 e. The van der Waals surface area contributed by atoms with E-state index in [-0.39, 0.29) is 11.5 Å². The Bertz CT molecular complexity index is 862. The van der Waals surface area contributed by atoms with Crippen LogP contribution >= 0.6 is 0 Å². The number of sulfone groups is 1. The minimum absolute atomic E-state index is 0.0957. The molecule has 2 aromatic rings. The van der Waals surface area contributed by atoms with Crippen molar-refractivity contribution >= 4 is 21.5 Å². The van der Waals surface area contributed by atoms with Crippen LogP contribution in [0.15, 0.2) is 47.4 Å². The molecule has 0 fully saturated rings. The van der Waals surface area contributed by atoms with Crippen molar-refractivity contribution in [3.63, 3.8) is 0 Å². The Morgan fingerprint density at radius 2 is 1.84 bits per heavy atom. The summed E-state index contributed by atoms with van der Waals surface area (Å²) in [5, 5.41) is 3.23. The molecule has 0 aliphatic heterocycles. The Morgan fingerprint density at radius 3 is 2.48 bits per heavy atom. The molecule has 0 radical (unpaired) electrons. The fourth-order valence-electron chi connectivity index (χ4n) is 2.44. The van der Waals surface area contributed by atoms with Crippen LogP contribution in [0.1, 0.15) is 18.1 Å². The van der Waals surface area contributed by atoms with Crippen molar-refractivity contribution in [2.24, 2.45) is 0 Å². The highest BCUT2D eigenvalue weighted by molar-refractivity contribution is 7.90. The molecule has 0 heterocycles. The van der Waals surface area contributed by atoms with Gasteiger partial charge in [0.05, 0.1) is 17.7 Å². The third-order valence-electron chi connectivity index (χ3n) is 3.63. The molecule has 0 unspecified atom stereocenters. The number of carbonyl (C=O) groups is 1. The second kappa shape index (κ2) is 8.02. The highest BCUT2D eigenvalue weighted by Gasteiger charge is 2.17. The van der Waals surface area contributed by atoms with E-state index in [9.17, 15) is 13.2 Å². The van der Waals surface area contributed by atoms with Gasteiger partial charge in [-0.3, -0.25) is 4.79 Å². The lowest BCUT2D eigenvalue weighted by molar-refractivity contribution is -0.142. The zero-order valence-corrected chi connectivity index (χ0v) is 15.2. The van der Waals surface area contributed by atoms with E-state index in [4.69, 9.17) is 9.47 Å². The Balaban J connectivity index is 2.34. The third kappa shape index (κ3) is 4.96. The number of nitrogens with one attached hydrogen (secondary N) is 1. The predicted molar refractivity (Wildman–Crippen MR) is 95.3 cm³/mol. The summed E-state index contributed by atoms with van der Waals surface area (Å²) in [5.74, 6) is 0.218. The van der Waals surface area contributed by atoms with E-state index in [1.807, 2.05) is 24.3 Å². The zero-order valence-electron chi connectivity index (χ0n) is 14.4.